The summed E-state index contributed by atoms with van der Waals surface area (Å²) in [6, 6.07) is 4.74. The number of benzene rings is 1. The first kappa shape index (κ1) is 14.5. The van der Waals surface area contributed by atoms with E-state index in [0.717, 1.165) is 5.56 Å². The van der Waals surface area contributed by atoms with Crippen molar-refractivity contribution in [2.75, 3.05) is 18.4 Å². The van der Waals surface area contributed by atoms with E-state index in [-0.39, 0.29) is 18.9 Å². The molecule has 1 aliphatic rings. The Morgan fingerprint density at radius 1 is 1.19 bits per heavy atom. The largest absolute Gasteiger partial charge is 0.480 e. The van der Waals surface area contributed by atoms with Crippen LogP contribution >= 0.6 is 0 Å². The van der Waals surface area contributed by atoms with Gasteiger partial charge in [0.25, 0.3) is 5.91 Å². The second-order valence-electron chi connectivity index (χ2n) is 4.45. The van der Waals surface area contributed by atoms with Gasteiger partial charge in [0, 0.05) is 11.3 Å². The third-order valence-electron chi connectivity index (χ3n) is 2.84. The maximum Gasteiger partial charge on any atom is 0.322 e. The van der Waals surface area contributed by atoms with Crippen molar-refractivity contribution in [2.24, 2.45) is 0 Å². The van der Waals surface area contributed by atoms with Crippen LogP contribution in [-0.2, 0) is 20.8 Å². The lowest BCUT2D eigenvalue weighted by molar-refractivity contribution is -0.137. The van der Waals surface area contributed by atoms with Gasteiger partial charge in [-0.1, -0.05) is 0 Å². The highest BCUT2D eigenvalue weighted by Gasteiger charge is 2.19. The summed E-state index contributed by atoms with van der Waals surface area (Å²) < 4.78 is 0. The van der Waals surface area contributed by atoms with Crippen LogP contribution in [-0.4, -0.2) is 41.9 Å². The number of anilines is 1. The van der Waals surface area contributed by atoms with Gasteiger partial charge in [0.05, 0.1) is 13.0 Å². The lowest BCUT2D eigenvalue weighted by atomic mass is 10.1. The average molecular weight is 291 g/mol. The van der Waals surface area contributed by atoms with E-state index in [1.807, 2.05) is 0 Å². The number of amides is 3. The van der Waals surface area contributed by atoms with E-state index in [1.54, 1.807) is 12.1 Å². The third kappa shape index (κ3) is 3.78. The summed E-state index contributed by atoms with van der Waals surface area (Å²) >= 11 is 0. The molecule has 3 amide bonds. The molecule has 0 saturated heterocycles. The molecule has 1 heterocycles. The molecule has 1 aromatic carbocycles. The fourth-order valence-corrected chi connectivity index (χ4v) is 1.87. The minimum absolute atomic E-state index is 0.129. The van der Waals surface area contributed by atoms with Crippen molar-refractivity contribution in [3.8, 4) is 0 Å². The molecule has 0 unspecified atom stereocenters. The van der Waals surface area contributed by atoms with Crippen LogP contribution in [0.4, 0.5) is 5.69 Å². The molecule has 0 saturated carbocycles. The Bertz CT molecular complexity index is 626. The van der Waals surface area contributed by atoms with Gasteiger partial charge in [-0.3, -0.25) is 19.2 Å². The molecule has 4 N–H and O–H groups in total. The molecule has 0 aromatic heterocycles. The van der Waals surface area contributed by atoms with Crippen LogP contribution in [0.3, 0.4) is 0 Å². The van der Waals surface area contributed by atoms with Gasteiger partial charge in [0.15, 0.2) is 0 Å². The first-order valence-corrected chi connectivity index (χ1v) is 6.15. The van der Waals surface area contributed by atoms with E-state index in [9.17, 15) is 19.2 Å². The van der Waals surface area contributed by atoms with Crippen molar-refractivity contribution >= 4 is 29.4 Å². The summed E-state index contributed by atoms with van der Waals surface area (Å²) in [6.07, 6.45) is 0.218. The smallest absolute Gasteiger partial charge is 0.322 e. The summed E-state index contributed by atoms with van der Waals surface area (Å²) in [6.45, 7) is -0.818. The first-order valence-electron chi connectivity index (χ1n) is 6.15. The van der Waals surface area contributed by atoms with E-state index in [2.05, 4.69) is 16.0 Å². The third-order valence-corrected chi connectivity index (χ3v) is 2.84. The van der Waals surface area contributed by atoms with Crippen LogP contribution in [0.15, 0.2) is 18.2 Å². The summed E-state index contributed by atoms with van der Waals surface area (Å²) in [5.74, 6) is -2.35. The molecule has 0 bridgehead atoms. The monoisotopic (exact) mass is 291 g/mol. The second-order valence-corrected chi connectivity index (χ2v) is 4.45. The maximum atomic E-state index is 11.9. The van der Waals surface area contributed by atoms with Gasteiger partial charge in [-0.15, -0.1) is 0 Å². The number of aliphatic carboxylic acids is 1. The highest BCUT2D eigenvalue weighted by Crippen LogP contribution is 2.23. The van der Waals surface area contributed by atoms with Crippen LogP contribution in [0.25, 0.3) is 0 Å². The summed E-state index contributed by atoms with van der Waals surface area (Å²) in [4.78, 5) is 44.6. The fraction of sp³-hybridized carbons (Fsp3) is 0.231. The normalized spacial score (nSPS) is 12.3. The van der Waals surface area contributed by atoms with E-state index < -0.39 is 24.3 Å². The van der Waals surface area contributed by atoms with Crippen LogP contribution in [0.1, 0.15) is 15.9 Å². The zero-order valence-electron chi connectivity index (χ0n) is 10.9. The van der Waals surface area contributed by atoms with E-state index >= 15 is 0 Å². The fourth-order valence-electron chi connectivity index (χ4n) is 1.87. The molecule has 8 heteroatoms. The second kappa shape index (κ2) is 6.04. The zero-order valence-corrected chi connectivity index (χ0v) is 10.9. The van der Waals surface area contributed by atoms with Gasteiger partial charge in [0.2, 0.25) is 11.8 Å². The molecule has 0 atom stereocenters. The number of rotatable bonds is 5. The summed E-state index contributed by atoms with van der Waals surface area (Å²) in [7, 11) is 0. The Labute approximate surface area is 119 Å². The highest BCUT2D eigenvalue weighted by molar-refractivity contribution is 6.02. The van der Waals surface area contributed by atoms with E-state index in [0.29, 0.717) is 11.3 Å². The number of hydrogen-bond donors (Lipinski definition) is 4. The van der Waals surface area contributed by atoms with Crippen LogP contribution in [0, 0.1) is 0 Å². The quantitative estimate of drug-likeness (QED) is 0.560. The number of fused-ring (bicyclic) bond motifs is 1. The number of carbonyl (C=O) groups excluding carboxylic acids is 3. The molecule has 21 heavy (non-hydrogen) atoms. The number of carboxylic acid groups (broad SMARTS) is 1. The minimum atomic E-state index is -1.16. The Hall–Kier alpha value is -2.90. The molecular weight excluding hydrogens is 278 g/mol. The SMILES string of the molecule is O=C(O)CNC(=O)CNC(=O)c1ccc2c(c1)CC(=O)N2. The first-order chi connectivity index (χ1) is 9.95. The van der Waals surface area contributed by atoms with Gasteiger partial charge in [-0.05, 0) is 23.8 Å². The van der Waals surface area contributed by atoms with Gasteiger partial charge >= 0.3 is 5.97 Å². The van der Waals surface area contributed by atoms with Crippen molar-refractivity contribution < 1.29 is 24.3 Å². The highest BCUT2D eigenvalue weighted by atomic mass is 16.4. The molecule has 1 aliphatic heterocycles. The summed E-state index contributed by atoms with van der Waals surface area (Å²) in [5.41, 5.74) is 1.73. The number of carboxylic acids is 1. The molecule has 0 fully saturated rings. The number of hydrogen-bond acceptors (Lipinski definition) is 4. The van der Waals surface area contributed by atoms with Gasteiger partial charge in [0.1, 0.15) is 6.54 Å². The standard InChI is InChI=1S/C13H13N3O5/c17-10-4-8-3-7(1-2-9(8)16-10)13(21)15-5-11(18)14-6-12(19)20/h1-3H,4-6H2,(H,14,18)(H,15,21)(H,16,17)(H,19,20). The Balaban J connectivity index is 1.89. The molecule has 110 valence electrons. The Kier molecular flexibility index (Phi) is 4.17. The molecule has 8 nitrogen and oxygen atoms in total. The van der Waals surface area contributed by atoms with Crippen LogP contribution in [0.2, 0.25) is 0 Å². The predicted octanol–water partition coefficient (Wildman–Crippen LogP) is -0.888. The van der Waals surface area contributed by atoms with E-state index in [4.69, 9.17) is 5.11 Å². The van der Waals surface area contributed by atoms with Crippen LogP contribution in [0.5, 0.6) is 0 Å². The van der Waals surface area contributed by atoms with Crippen molar-refractivity contribution in [1.29, 1.82) is 0 Å². The molecule has 0 radical (unpaired) electrons. The number of carbonyl (C=O) groups is 4. The Morgan fingerprint density at radius 3 is 2.67 bits per heavy atom. The van der Waals surface area contributed by atoms with Crippen molar-refractivity contribution in [3.63, 3.8) is 0 Å². The predicted molar refractivity (Wildman–Crippen MR) is 71.8 cm³/mol. The molecule has 0 aliphatic carbocycles. The van der Waals surface area contributed by atoms with Gasteiger partial charge < -0.3 is 21.1 Å². The number of nitrogens with one attached hydrogen (secondary N) is 3. The average Bonchev–Trinajstić information content (AvgIpc) is 2.81. The lowest BCUT2D eigenvalue weighted by Crippen LogP contribution is -2.39. The molecule has 0 spiro atoms. The van der Waals surface area contributed by atoms with Gasteiger partial charge in [-0.25, -0.2) is 0 Å². The van der Waals surface area contributed by atoms with Gasteiger partial charge in [-0.2, -0.15) is 0 Å². The van der Waals surface area contributed by atoms with Crippen molar-refractivity contribution in [1.82, 2.24) is 10.6 Å². The molecule has 2 rings (SSSR count). The Morgan fingerprint density at radius 2 is 1.95 bits per heavy atom. The van der Waals surface area contributed by atoms with Crippen LogP contribution < -0.4 is 16.0 Å². The zero-order chi connectivity index (χ0) is 15.4. The lowest BCUT2D eigenvalue weighted by Gasteiger charge is -2.06. The van der Waals surface area contributed by atoms with E-state index in [1.165, 1.54) is 6.07 Å². The topological polar surface area (TPSA) is 125 Å². The maximum absolute atomic E-state index is 11.9. The molecule has 1 aromatic rings. The summed E-state index contributed by atoms with van der Waals surface area (Å²) in [5, 5.41) is 15.5. The molecular formula is C13H13N3O5. The van der Waals surface area contributed by atoms with Crippen molar-refractivity contribution in [2.45, 2.75) is 6.42 Å². The minimum Gasteiger partial charge on any atom is -0.480 e. The van der Waals surface area contributed by atoms with Crippen molar-refractivity contribution in [3.05, 3.63) is 29.3 Å².